The van der Waals surface area contributed by atoms with Crippen LogP contribution in [0.2, 0.25) is 0 Å². The van der Waals surface area contributed by atoms with Crippen LogP contribution in [0, 0.1) is 5.92 Å². The quantitative estimate of drug-likeness (QED) is 0.607. The molecular formula is C12H18INO3S. The zero-order valence-electron chi connectivity index (χ0n) is 10.7. The first kappa shape index (κ1) is 15.7. The van der Waals surface area contributed by atoms with E-state index in [4.69, 9.17) is 4.74 Å². The molecule has 0 bridgehead atoms. The summed E-state index contributed by atoms with van der Waals surface area (Å²) in [6.07, 6.45) is 0. The Morgan fingerprint density at radius 2 is 1.83 bits per heavy atom. The maximum absolute atomic E-state index is 12.2. The third-order valence-electron chi connectivity index (χ3n) is 2.65. The lowest BCUT2D eigenvalue weighted by molar-refractivity contribution is 0.414. The molecule has 0 heterocycles. The van der Waals surface area contributed by atoms with E-state index in [1.165, 1.54) is 0 Å². The van der Waals surface area contributed by atoms with Crippen LogP contribution in [0.15, 0.2) is 29.2 Å². The molecule has 0 aliphatic carbocycles. The van der Waals surface area contributed by atoms with Gasteiger partial charge in [-0.3, -0.25) is 0 Å². The minimum atomic E-state index is -3.45. The van der Waals surface area contributed by atoms with Crippen molar-refractivity contribution in [1.29, 1.82) is 0 Å². The van der Waals surface area contributed by atoms with Gasteiger partial charge in [0.05, 0.1) is 12.0 Å². The molecule has 0 spiro atoms. The van der Waals surface area contributed by atoms with Crippen molar-refractivity contribution < 1.29 is 13.2 Å². The minimum Gasteiger partial charge on any atom is -0.497 e. The molecule has 1 rings (SSSR count). The average molecular weight is 383 g/mol. The summed E-state index contributed by atoms with van der Waals surface area (Å²) in [5.74, 6) is 0.901. The Kier molecular flexibility index (Phi) is 5.87. The number of hydrogen-bond acceptors (Lipinski definition) is 3. The van der Waals surface area contributed by atoms with E-state index in [-0.39, 0.29) is 16.9 Å². The van der Waals surface area contributed by atoms with Crippen LogP contribution in [0.4, 0.5) is 0 Å². The second-order valence-electron chi connectivity index (χ2n) is 4.30. The van der Waals surface area contributed by atoms with E-state index in [0.29, 0.717) is 5.75 Å². The van der Waals surface area contributed by atoms with Crippen molar-refractivity contribution in [2.75, 3.05) is 11.5 Å². The highest BCUT2D eigenvalue weighted by molar-refractivity contribution is 14.1. The molecule has 0 saturated carbocycles. The van der Waals surface area contributed by atoms with E-state index in [1.54, 1.807) is 31.4 Å². The first-order valence-corrected chi connectivity index (χ1v) is 8.64. The second-order valence-corrected chi connectivity index (χ2v) is 6.90. The smallest absolute Gasteiger partial charge is 0.240 e. The molecule has 0 aliphatic heterocycles. The summed E-state index contributed by atoms with van der Waals surface area (Å²) in [6, 6.07) is 6.32. The van der Waals surface area contributed by atoms with Gasteiger partial charge >= 0.3 is 0 Å². The Hall–Kier alpha value is -0.340. The molecule has 0 radical (unpaired) electrons. The summed E-state index contributed by atoms with van der Waals surface area (Å²) in [7, 11) is -1.90. The van der Waals surface area contributed by atoms with Crippen LogP contribution < -0.4 is 9.46 Å². The van der Waals surface area contributed by atoms with Crippen molar-refractivity contribution in [3.05, 3.63) is 24.3 Å². The third-order valence-corrected chi connectivity index (χ3v) is 5.10. The highest BCUT2D eigenvalue weighted by atomic mass is 127. The van der Waals surface area contributed by atoms with E-state index in [1.807, 2.05) is 13.8 Å². The zero-order chi connectivity index (χ0) is 13.8. The van der Waals surface area contributed by atoms with Gasteiger partial charge in [-0.05, 0) is 30.2 Å². The molecule has 0 aromatic heterocycles. The topological polar surface area (TPSA) is 55.4 Å². The van der Waals surface area contributed by atoms with Gasteiger partial charge in [-0.1, -0.05) is 36.4 Å². The van der Waals surface area contributed by atoms with E-state index >= 15 is 0 Å². The number of halogens is 1. The van der Waals surface area contributed by atoms with Crippen molar-refractivity contribution in [3.8, 4) is 5.75 Å². The summed E-state index contributed by atoms with van der Waals surface area (Å²) >= 11 is 2.19. The van der Waals surface area contributed by atoms with Gasteiger partial charge in [0, 0.05) is 10.5 Å². The van der Waals surface area contributed by atoms with Crippen LogP contribution in [0.5, 0.6) is 5.75 Å². The fourth-order valence-corrected chi connectivity index (χ4v) is 4.29. The molecule has 0 aliphatic rings. The number of methoxy groups -OCH3 is 1. The standard InChI is InChI=1S/C12H18INO3S/c1-9(2)12(8-13)14-18(15,16)11-6-4-10(17-3)5-7-11/h4-7,9,12,14H,8H2,1-3H3. The summed E-state index contributed by atoms with van der Waals surface area (Å²) in [5, 5.41) is 0. The molecule has 1 aromatic rings. The van der Waals surface area contributed by atoms with E-state index in [9.17, 15) is 8.42 Å². The maximum Gasteiger partial charge on any atom is 0.240 e. The zero-order valence-corrected chi connectivity index (χ0v) is 13.7. The van der Waals surface area contributed by atoms with Crippen molar-refractivity contribution >= 4 is 32.6 Å². The summed E-state index contributed by atoms with van der Waals surface area (Å²) in [4.78, 5) is 0.263. The molecule has 0 fully saturated rings. The van der Waals surface area contributed by atoms with Crippen LogP contribution in [-0.4, -0.2) is 26.0 Å². The Morgan fingerprint density at radius 3 is 2.22 bits per heavy atom. The summed E-state index contributed by atoms with van der Waals surface area (Å²) < 4.78 is 32.8. The van der Waals surface area contributed by atoms with Gasteiger partial charge in [0.1, 0.15) is 5.75 Å². The van der Waals surface area contributed by atoms with Gasteiger partial charge < -0.3 is 4.74 Å². The van der Waals surface area contributed by atoms with E-state index < -0.39 is 10.0 Å². The molecule has 0 saturated heterocycles. The van der Waals surface area contributed by atoms with Crippen LogP contribution in [0.1, 0.15) is 13.8 Å². The van der Waals surface area contributed by atoms with Gasteiger partial charge in [0.2, 0.25) is 10.0 Å². The van der Waals surface area contributed by atoms with Crippen molar-refractivity contribution in [2.24, 2.45) is 5.92 Å². The lowest BCUT2D eigenvalue weighted by Crippen LogP contribution is -2.39. The van der Waals surface area contributed by atoms with Gasteiger partial charge in [-0.2, -0.15) is 0 Å². The van der Waals surface area contributed by atoms with Crippen molar-refractivity contribution in [2.45, 2.75) is 24.8 Å². The summed E-state index contributed by atoms with van der Waals surface area (Å²) in [6.45, 7) is 4.00. The van der Waals surface area contributed by atoms with E-state index in [2.05, 4.69) is 27.3 Å². The van der Waals surface area contributed by atoms with Gasteiger partial charge in [0.25, 0.3) is 0 Å². The van der Waals surface area contributed by atoms with Gasteiger partial charge in [0.15, 0.2) is 0 Å². The number of nitrogens with one attached hydrogen (secondary N) is 1. The van der Waals surface area contributed by atoms with Crippen LogP contribution in [0.3, 0.4) is 0 Å². The fraction of sp³-hybridized carbons (Fsp3) is 0.500. The molecule has 18 heavy (non-hydrogen) atoms. The first-order chi connectivity index (χ1) is 8.40. The lowest BCUT2D eigenvalue weighted by atomic mass is 10.1. The van der Waals surface area contributed by atoms with Crippen LogP contribution >= 0.6 is 22.6 Å². The fourth-order valence-electron chi connectivity index (χ4n) is 1.37. The Morgan fingerprint density at radius 1 is 1.28 bits per heavy atom. The molecule has 4 nitrogen and oxygen atoms in total. The molecule has 0 amide bonds. The molecule has 102 valence electrons. The molecule has 6 heteroatoms. The Bertz CT molecular complexity index is 471. The molecule has 1 unspecified atom stereocenters. The number of ether oxygens (including phenoxy) is 1. The predicted molar refractivity (Wildman–Crippen MR) is 80.8 cm³/mol. The molecule has 1 aromatic carbocycles. The largest absolute Gasteiger partial charge is 0.497 e. The maximum atomic E-state index is 12.2. The Balaban J connectivity index is 2.91. The number of benzene rings is 1. The molecular weight excluding hydrogens is 365 g/mol. The minimum absolute atomic E-state index is 0.0577. The SMILES string of the molecule is COc1ccc(S(=O)(=O)NC(CI)C(C)C)cc1. The number of alkyl halides is 1. The lowest BCUT2D eigenvalue weighted by Gasteiger charge is -2.19. The number of rotatable bonds is 6. The average Bonchev–Trinajstić information content (AvgIpc) is 2.35. The monoisotopic (exact) mass is 383 g/mol. The predicted octanol–water partition coefficient (Wildman–Crippen LogP) is 2.43. The number of hydrogen-bond donors (Lipinski definition) is 1. The van der Waals surface area contributed by atoms with Crippen molar-refractivity contribution in [1.82, 2.24) is 4.72 Å². The number of sulfonamides is 1. The third kappa shape index (κ3) is 4.10. The summed E-state index contributed by atoms with van der Waals surface area (Å²) in [5.41, 5.74) is 0. The van der Waals surface area contributed by atoms with Gasteiger partial charge in [-0.15, -0.1) is 0 Å². The highest BCUT2D eigenvalue weighted by Crippen LogP contribution is 2.17. The van der Waals surface area contributed by atoms with Crippen LogP contribution in [-0.2, 0) is 10.0 Å². The highest BCUT2D eigenvalue weighted by Gasteiger charge is 2.21. The van der Waals surface area contributed by atoms with Crippen LogP contribution in [0.25, 0.3) is 0 Å². The molecule has 1 atom stereocenters. The van der Waals surface area contributed by atoms with Gasteiger partial charge in [-0.25, -0.2) is 13.1 Å². The second kappa shape index (κ2) is 6.72. The Labute approximate surface area is 122 Å². The van der Waals surface area contributed by atoms with Crippen molar-refractivity contribution in [3.63, 3.8) is 0 Å². The van der Waals surface area contributed by atoms with E-state index in [0.717, 1.165) is 4.43 Å². The normalized spacial score (nSPS) is 13.6. The first-order valence-electron chi connectivity index (χ1n) is 5.63. The molecule has 1 N–H and O–H groups in total.